The number of carbonyl (C=O) groups is 2. The molecule has 0 aromatic heterocycles. The second-order valence-electron chi connectivity index (χ2n) is 4.96. The number of carbonyl (C=O) groups excluding carboxylic acids is 2. The summed E-state index contributed by atoms with van der Waals surface area (Å²) < 4.78 is 25.5. The van der Waals surface area contributed by atoms with Crippen LogP contribution in [0.2, 0.25) is 0 Å². The highest BCUT2D eigenvalue weighted by Crippen LogP contribution is 2.16. The summed E-state index contributed by atoms with van der Waals surface area (Å²) in [7, 11) is -3.88. The Kier molecular flexibility index (Phi) is 4.80. The first-order valence-electron chi connectivity index (χ1n) is 6.80. The third-order valence-corrected chi connectivity index (χ3v) is 4.54. The smallest absolute Gasteiger partial charge is 0.264 e. The van der Waals surface area contributed by atoms with Crippen molar-refractivity contribution in [3.63, 3.8) is 0 Å². The van der Waals surface area contributed by atoms with Gasteiger partial charge in [0, 0.05) is 18.2 Å². The molecule has 0 radical (unpaired) electrons. The van der Waals surface area contributed by atoms with Crippen molar-refractivity contribution in [2.45, 2.75) is 18.7 Å². The fourth-order valence-corrected chi connectivity index (χ4v) is 2.98. The molecule has 0 fully saturated rings. The maximum Gasteiger partial charge on any atom is 0.264 e. The highest BCUT2D eigenvalue weighted by molar-refractivity contribution is 7.90. The fraction of sp³-hybridized carbons (Fsp3) is 0.125. The van der Waals surface area contributed by atoms with E-state index >= 15 is 0 Å². The van der Waals surface area contributed by atoms with E-state index in [1.165, 1.54) is 24.3 Å². The van der Waals surface area contributed by atoms with Gasteiger partial charge in [-0.3, -0.25) is 9.59 Å². The largest absolute Gasteiger partial charge is 0.322 e. The second kappa shape index (κ2) is 6.62. The van der Waals surface area contributed by atoms with E-state index in [1.54, 1.807) is 12.1 Å². The van der Waals surface area contributed by atoms with Crippen LogP contribution in [0.25, 0.3) is 0 Å². The van der Waals surface area contributed by atoms with E-state index in [9.17, 15) is 18.0 Å². The van der Waals surface area contributed by atoms with Gasteiger partial charge in [0.2, 0.25) is 5.91 Å². The van der Waals surface area contributed by atoms with Gasteiger partial charge in [-0.2, -0.15) is 0 Å². The number of nitrogens with one attached hydrogen (secondary N) is 2. The van der Waals surface area contributed by atoms with Gasteiger partial charge in [-0.1, -0.05) is 18.2 Å². The predicted octanol–water partition coefficient (Wildman–Crippen LogP) is 2.07. The summed E-state index contributed by atoms with van der Waals surface area (Å²) in [6.45, 7) is 2.95. The van der Waals surface area contributed by atoms with Crippen molar-refractivity contribution in [1.29, 1.82) is 0 Å². The van der Waals surface area contributed by atoms with Crippen molar-refractivity contribution in [1.82, 2.24) is 4.72 Å². The Morgan fingerprint density at radius 1 is 0.957 bits per heavy atom. The maximum atomic E-state index is 12.2. The van der Waals surface area contributed by atoms with E-state index in [4.69, 9.17) is 0 Å². The van der Waals surface area contributed by atoms with Gasteiger partial charge in [0.15, 0.2) is 0 Å². The van der Waals surface area contributed by atoms with Crippen LogP contribution in [0.5, 0.6) is 0 Å². The lowest BCUT2D eigenvalue weighted by Gasteiger charge is -2.09. The summed E-state index contributed by atoms with van der Waals surface area (Å²) in [5, 5.41) is 2.70. The Balaban J connectivity index is 2.16. The van der Waals surface area contributed by atoms with Crippen LogP contribution in [0.4, 0.5) is 5.69 Å². The Labute approximate surface area is 134 Å². The van der Waals surface area contributed by atoms with Crippen molar-refractivity contribution in [2.75, 3.05) is 5.32 Å². The zero-order valence-electron chi connectivity index (χ0n) is 12.7. The van der Waals surface area contributed by atoms with E-state index in [1.807, 2.05) is 23.8 Å². The van der Waals surface area contributed by atoms with E-state index in [0.717, 1.165) is 12.5 Å². The molecule has 0 saturated heterocycles. The molecule has 120 valence electrons. The topological polar surface area (TPSA) is 92.3 Å². The van der Waals surface area contributed by atoms with E-state index in [0.29, 0.717) is 11.3 Å². The normalized spacial score (nSPS) is 10.9. The number of rotatable bonds is 4. The summed E-state index contributed by atoms with van der Waals surface area (Å²) in [5.41, 5.74) is 1.84. The first kappa shape index (κ1) is 16.7. The SMILES string of the molecule is CC(=O)NS(=O)(=O)c1ccc(NC(=O)c2ccccc2C)cc1. The van der Waals surface area contributed by atoms with Crippen LogP contribution >= 0.6 is 0 Å². The molecule has 7 heteroatoms. The second-order valence-corrected chi connectivity index (χ2v) is 6.64. The van der Waals surface area contributed by atoms with Crippen LogP contribution in [0.1, 0.15) is 22.8 Å². The molecular formula is C16H16N2O4S. The van der Waals surface area contributed by atoms with Crippen LogP contribution in [0.15, 0.2) is 53.4 Å². The molecule has 0 saturated carbocycles. The summed E-state index contributed by atoms with van der Waals surface area (Å²) in [5.74, 6) is -0.942. The number of hydrogen-bond acceptors (Lipinski definition) is 4. The van der Waals surface area contributed by atoms with Crippen molar-refractivity contribution in [3.8, 4) is 0 Å². The van der Waals surface area contributed by atoms with Crippen LogP contribution in [0, 0.1) is 6.92 Å². The Hall–Kier alpha value is -2.67. The summed E-state index contributed by atoms with van der Waals surface area (Å²) in [6, 6.07) is 12.7. The molecule has 23 heavy (non-hydrogen) atoms. The highest BCUT2D eigenvalue weighted by atomic mass is 32.2. The van der Waals surface area contributed by atoms with Crippen LogP contribution in [-0.2, 0) is 14.8 Å². The van der Waals surface area contributed by atoms with Gasteiger partial charge in [-0.25, -0.2) is 13.1 Å². The average molecular weight is 332 g/mol. The monoisotopic (exact) mass is 332 g/mol. The molecule has 2 rings (SSSR count). The van der Waals surface area contributed by atoms with Gasteiger partial charge in [-0.15, -0.1) is 0 Å². The number of amides is 2. The third kappa shape index (κ3) is 4.17. The third-order valence-electron chi connectivity index (χ3n) is 3.09. The molecule has 0 aliphatic rings. The van der Waals surface area contributed by atoms with Crippen LogP contribution in [-0.4, -0.2) is 20.2 Å². The number of sulfonamides is 1. The van der Waals surface area contributed by atoms with Gasteiger partial charge in [0.05, 0.1) is 4.90 Å². The fourth-order valence-electron chi connectivity index (χ4n) is 1.99. The zero-order chi connectivity index (χ0) is 17.0. The molecule has 6 nitrogen and oxygen atoms in total. The number of aryl methyl sites for hydroxylation is 1. The standard InChI is InChI=1S/C16H16N2O4S/c1-11-5-3-4-6-15(11)16(20)17-13-7-9-14(10-8-13)23(21,22)18-12(2)19/h3-10H,1-2H3,(H,17,20)(H,18,19). The minimum Gasteiger partial charge on any atom is -0.322 e. The van der Waals surface area contributed by atoms with Crippen LogP contribution < -0.4 is 10.0 Å². The minimum atomic E-state index is -3.88. The molecule has 0 bridgehead atoms. The molecular weight excluding hydrogens is 316 g/mol. The minimum absolute atomic E-state index is 0.0541. The summed E-state index contributed by atoms with van der Waals surface area (Å²) >= 11 is 0. The lowest BCUT2D eigenvalue weighted by atomic mass is 10.1. The van der Waals surface area contributed by atoms with Gasteiger partial charge in [0.25, 0.3) is 15.9 Å². The number of anilines is 1. The van der Waals surface area contributed by atoms with E-state index in [-0.39, 0.29) is 10.8 Å². The predicted molar refractivity (Wildman–Crippen MR) is 86.6 cm³/mol. The van der Waals surface area contributed by atoms with Crippen molar-refractivity contribution in [2.24, 2.45) is 0 Å². The molecule has 0 aliphatic carbocycles. The molecule has 2 aromatic rings. The van der Waals surface area contributed by atoms with Crippen LogP contribution in [0.3, 0.4) is 0 Å². The van der Waals surface area contributed by atoms with Gasteiger partial charge in [-0.05, 0) is 42.8 Å². The quantitative estimate of drug-likeness (QED) is 0.896. The lowest BCUT2D eigenvalue weighted by molar-refractivity contribution is -0.117. The molecule has 2 N–H and O–H groups in total. The number of hydrogen-bond donors (Lipinski definition) is 2. The summed E-state index contributed by atoms with van der Waals surface area (Å²) in [6.07, 6.45) is 0. The van der Waals surface area contributed by atoms with Crippen molar-refractivity contribution < 1.29 is 18.0 Å². The summed E-state index contributed by atoms with van der Waals surface area (Å²) in [4.78, 5) is 23.0. The average Bonchev–Trinajstić information content (AvgIpc) is 2.47. The highest BCUT2D eigenvalue weighted by Gasteiger charge is 2.15. The van der Waals surface area contributed by atoms with Crippen molar-refractivity contribution >= 4 is 27.5 Å². The molecule has 2 amide bonds. The number of benzene rings is 2. The molecule has 0 heterocycles. The first-order valence-corrected chi connectivity index (χ1v) is 8.28. The van der Waals surface area contributed by atoms with E-state index < -0.39 is 15.9 Å². The Morgan fingerprint density at radius 3 is 2.13 bits per heavy atom. The molecule has 0 atom stereocenters. The zero-order valence-corrected chi connectivity index (χ0v) is 13.5. The molecule has 2 aromatic carbocycles. The Morgan fingerprint density at radius 2 is 1.57 bits per heavy atom. The molecule has 0 unspecified atom stereocenters. The van der Waals surface area contributed by atoms with Gasteiger partial charge in [0.1, 0.15) is 0 Å². The first-order chi connectivity index (χ1) is 10.8. The molecule has 0 aliphatic heterocycles. The Bertz CT molecular complexity index is 843. The van der Waals surface area contributed by atoms with Gasteiger partial charge >= 0.3 is 0 Å². The van der Waals surface area contributed by atoms with E-state index in [2.05, 4.69) is 5.32 Å². The van der Waals surface area contributed by atoms with Gasteiger partial charge < -0.3 is 5.32 Å². The molecule has 0 spiro atoms. The maximum absolute atomic E-state index is 12.2. The van der Waals surface area contributed by atoms with Crippen molar-refractivity contribution in [3.05, 3.63) is 59.7 Å². The lowest BCUT2D eigenvalue weighted by Crippen LogP contribution is -2.28.